The highest BCUT2D eigenvalue weighted by atomic mass is 16.3. The second-order valence-corrected chi connectivity index (χ2v) is 5.33. The number of hydrogen-bond acceptors (Lipinski definition) is 4. The van der Waals surface area contributed by atoms with Crippen LogP contribution in [0.15, 0.2) is 5.11 Å². The Kier molecular flexibility index (Phi) is 7.36. The summed E-state index contributed by atoms with van der Waals surface area (Å²) in [5.41, 5.74) is 8.51. The summed E-state index contributed by atoms with van der Waals surface area (Å²) < 4.78 is 0. The van der Waals surface area contributed by atoms with Crippen LogP contribution in [-0.4, -0.2) is 40.4 Å². The maximum absolute atomic E-state index is 12.0. The van der Waals surface area contributed by atoms with Crippen molar-refractivity contribution in [1.29, 1.82) is 0 Å². The van der Waals surface area contributed by atoms with E-state index in [1.807, 2.05) is 6.92 Å². The molecule has 1 rings (SSSR count). The first-order valence-corrected chi connectivity index (χ1v) is 7.30. The van der Waals surface area contributed by atoms with Gasteiger partial charge >= 0.3 is 0 Å². The maximum Gasteiger partial charge on any atom is 0.249 e. The lowest BCUT2D eigenvalue weighted by molar-refractivity contribution is -0.132. The zero-order valence-electron chi connectivity index (χ0n) is 11.9. The lowest BCUT2D eigenvalue weighted by Gasteiger charge is -2.29. The van der Waals surface area contributed by atoms with Crippen LogP contribution < -0.4 is 5.32 Å². The van der Waals surface area contributed by atoms with Crippen LogP contribution >= 0.6 is 0 Å². The molecule has 0 aromatic rings. The Morgan fingerprint density at radius 3 is 2.80 bits per heavy atom. The standard InChI is InChI=1S/C13H24N4O3/c1-2-3-6-10(16-17-14)12(19)13(20)15-9-7-4-5-8-11(9)18/h9-12,18-19H,2-8H2,1H3,(H,15,20). The average Bonchev–Trinajstić information content (AvgIpc) is 2.45. The summed E-state index contributed by atoms with van der Waals surface area (Å²) in [5.74, 6) is -0.565. The van der Waals surface area contributed by atoms with Crippen molar-refractivity contribution in [2.75, 3.05) is 0 Å². The molecule has 0 bridgehead atoms. The van der Waals surface area contributed by atoms with Crippen LogP contribution in [0, 0.1) is 0 Å². The molecule has 3 N–H and O–H groups in total. The van der Waals surface area contributed by atoms with Crippen molar-refractivity contribution in [2.24, 2.45) is 5.11 Å². The summed E-state index contributed by atoms with van der Waals surface area (Å²) in [6.45, 7) is 1.98. The minimum Gasteiger partial charge on any atom is -0.391 e. The van der Waals surface area contributed by atoms with Crippen LogP contribution in [0.25, 0.3) is 10.4 Å². The first-order chi connectivity index (χ1) is 9.60. The molecule has 0 heterocycles. The van der Waals surface area contributed by atoms with Gasteiger partial charge in [0.15, 0.2) is 0 Å². The molecule has 7 nitrogen and oxygen atoms in total. The molecule has 0 spiro atoms. The van der Waals surface area contributed by atoms with Gasteiger partial charge < -0.3 is 15.5 Å². The van der Waals surface area contributed by atoms with Crippen LogP contribution in [0.2, 0.25) is 0 Å². The Labute approximate surface area is 119 Å². The molecule has 1 aliphatic rings. The number of amides is 1. The van der Waals surface area contributed by atoms with Crippen molar-refractivity contribution in [1.82, 2.24) is 5.32 Å². The Hall–Kier alpha value is -1.30. The van der Waals surface area contributed by atoms with Crippen LogP contribution in [-0.2, 0) is 4.79 Å². The summed E-state index contributed by atoms with van der Waals surface area (Å²) >= 11 is 0. The summed E-state index contributed by atoms with van der Waals surface area (Å²) in [4.78, 5) is 14.7. The van der Waals surface area contributed by atoms with Gasteiger partial charge in [-0.25, -0.2) is 0 Å². The predicted molar refractivity (Wildman–Crippen MR) is 74.9 cm³/mol. The number of nitrogens with one attached hydrogen (secondary N) is 1. The van der Waals surface area contributed by atoms with E-state index >= 15 is 0 Å². The molecule has 20 heavy (non-hydrogen) atoms. The lowest BCUT2D eigenvalue weighted by Crippen LogP contribution is -2.50. The quantitative estimate of drug-likeness (QED) is 0.374. The van der Waals surface area contributed by atoms with E-state index in [1.165, 1.54) is 0 Å². The molecule has 4 unspecified atom stereocenters. The van der Waals surface area contributed by atoms with E-state index in [9.17, 15) is 15.0 Å². The number of aliphatic hydroxyl groups is 2. The fraction of sp³-hybridized carbons (Fsp3) is 0.923. The Morgan fingerprint density at radius 1 is 1.50 bits per heavy atom. The Morgan fingerprint density at radius 2 is 2.20 bits per heavy atom. The summed E-state index contributed by atoms with van der Waals surface area (Å²) in [7, 11) is 0. The van der Waals surface area contributed by atoms with Crippen LogP contribution in [0.5, 0.6) is 0 Å². The molecule has 4 atom stereocenters. The largest absolute Gasteiger partial charge is 0.391 e. The highest BCUT2D eigenvalue weighted by Crippen LogP contribution is 2.19. The highest BCUT2D eigenvalue weighted by Gasteiger charge is 2.30. The maximum atomic E-state index is 12.0. The molecular weight excluding hydrogens is 260 g/mol. The predicted octanol–water partition coefficient (Wildman–Crippen LogP) is 1.64. The van der Waals surface area contributed by atoms with Gasteiger partial charge in [-0.05, 0) is 24.8 Å². The second-order valence-electron chi connectivity index (χ2n) is 5.33. The number of azide groups is 1. The third kappa shape index (κ3) is 5.00. The van der Waals surface area contributed by atoms with Gasteiger partial charge in [-0.3, -0.25) is 4.79 Å². The van der Waals surface area contributed by atoms with Gasteiger partial charge in [0.1, 0.15) is 6.10 Å². The second kappa shape index (κ2) is 8.79. The number of carbonyl (C=O) groups excluding carboxylic acids is 1. The fourth-order valence-corrected chi connectivity index (χ4v) is 2.48. The topological polar surface area (TPSA) is 118 Å². The first-order valence-electron chi connectivity index (χ1n) is 7.30. The van der Waals surface area contributed by atoms with Gasteiger partial charge in [0, 0.05) is 4.91 Å². The van der Waals surface area contributed by atoms with Crippen molar-refractivity contribution >= 4 is 5.91 Å². The highest BCUT2D eigenvalue weighted by molar-refractivity contribution is 5.81. The van der Waals surface area contributed by atoms with Gasteiger partial charge in [0.05, 0.1) is 18.2 Å². The minimum absolute atomic E-state index is 0.316. The molecule has 1 aliphatic carbocycles. The van der Waals surface area contributed by atoms with E-state index in [-0.39, 0.29) is 6.04 Å². The van der Waals surface area contributed by atoms with E-state index in [2.05, 4.69) is 15.3 Å². The minimum atomic E-state index is -1.36. The monoisotopic (exact) mass is 284 g/mol. The molecule has 0 saturated heterocycles. The Balaban J connectivity index is 2.56. The van der Waals surface area contributed by atoms with Crippen molar-refractivity contribution < 1.29 is 15.0 Å². The molecule has 1 amide bonds. The number of unbranched alkanes of at least 4 members (excludes halogenated alkanes) is 1. The van der Waals surface area contributed by atoms with Gasteiger partial charge in [0.25, 0.3) is 0 Å². The van der Waals surface area contributed by atoms with Crippen molar-refractivity contribution in [2.45, 2.75) is 76.2 Å². The van der Waals surface area contributed by atoms with E-state index in [0.29, 0.717) is 19.3 Å². The van der Waals surface area contributed by atoms with Gasteiger partial charge in [0.2, 0.25) is 5.91 Å². The SMILES string of the molecule is CCCCC(N=[N+]=[N-])C(O)C(=O)NC1CCCCC1O. The van der Waals surface area contributed by atoms with Crippen LogP contribution in [0.4, 0.5) is 0 Å². The lowest BCUT2D eigenvalue weighted by atomic mass is 9.92. The summed E-state index contributed by atoms with van der Waals surface area (Å²) in [5, 5.41) is 26.0. The van der Waals surface area contributed by atoms with Crippen molar-refractivity contribution in [3.05, 3.63) is 10.4 Å². The fourth-order valence-electron chi connectivity index (χ4n) is 2.48. The van der Waals surface area contributed by atoms with E-state index in [0.717, 1.165) is 25.7 Å². The Bertz CT molecular complexity index is 358. The molecule has 1 saturated carbocycles. The number of nitrogens with zero attached hydrogens (tertiary/aromatic N) is 3. The van der Waals surface area contributed by atoms with Gasteiger partial charge in [-0.15, -0.1) is 0 Å². The first kappa shape index (κ1) is 16.8. The van der Waals surface area contributed by atoms with E-state index in [4.69, 9.17) is 5.53 Å². The van der Waals surface area contributed by atoms with E-state index < -0.39 is 24.2 Å². The molecule has 1 fully saturated rings. The number of hydrogen-bond donors (Lipinski definition) is 3. The normalized spacial score (nSPS) is 25.4. The molecule has 0 aromatic heterocycles. The zero-order chi connectivity index (χ0) is 15.0. The van der Waals surface area contributed by atoms with Crippen molar-refractivity contribution in [3.8, 4) is 0 Å². The molecule has 0 aliphatic heterocycles. The number of carbonyl (C=O) groups is 1. The summed E-state index contributed by atoms with van der Waals surface area (Å²) in [6, 6.07) is -1.07. The molecular formula is C13H24N4O3. The van der Waals surface area contributed by atoms with Crippen molar-refractivity contribution in [3.63, 3.8) is 0 Å². The van der Waals surface area contributed by atoms with Gasteiger partial charge in [-0.2, -0.15) is 0 Å². The smallest absolute Gasteiger partial charge is 0.249 e. The number of aliphatic hydroxyl groups excluding tert-OH is 2. The van der Waals surface area contributed by atoms with Crippen LogP contribution in [0.1, 0.15) is 51.9 Å². The third-order valence-corrected chi connectivity index (χ3v) is 3.74. The third-order valence-electron chi connectivity index (χ3n) is 3.74. The molecule has 0 aromatic carbocycles. The zero-order valence-corrected chi connectivity index (χ0v) is 11.9. The molecule has 7 heteroatoms. The molecule has 0 radical (unpaired) electrons. The molecule has 114 valence electrons. The van der Waals surface area contributed by atoms with Gasteiger partial charge in [-0.1, -0.05) is 37.7 Å². The average molecular weight is 284 g/mol. The summed E-state index contributed by atoms with van der Waals surface area (Å²) in [6.07, 6.45) is 3.51. The number of rotatable bonds is 7. The van der Waals surface area contributed by atoms with E-state index in [1.54, 1.807) is 0 Å². The van der Waals surface area contributed by atoms with Crippen LogP contribution in [0.3, 0.4) is 0 Å².